The van der Waals surface area contributed by atoms with E-state index in [2.05, 4.69) is 5.10 Å². The highest BCUT2D eigenvalue weighted by atomic mass is 32.2. The third-order valence-electron chi connectivity index (χ3n) is 4.16. The zero-order valence-electron chi connectivity index (χ0n) is 13.2. The van der Waals surface area contributed by atoms with Gasteiger partial charge in [-0.3, -0.25) is 9.96 Å². The molecule has 130 valence electrons. The predicted molar refractivity (Wildman–Crippen MR) is 90.7 cm³/mol. The minimum atomic E-state index is -4.32. The topological polar surface area (TPSA) is 113 Å². The van der Waals surface area contributed by atoms with E-state index in [4.69, 9.17) is 9.83 Å². The third kappa shape index (κ3) is 2.46. The molecule has 0 saturated heterocycles. The van der Waals surface area contributed by atoms with E-state index >= 15 is 0 Å². The number of fused-ring (bicyclic) bond motifs is 3. The molecule has 0 fully saturated rings. The van der Waals surface area contributed by atoms with Crippen molar-refractivity contribution in [3.63, 3.8) is 0 Å². The second-order valence-corrected chi connectivity index (χ2v) is 7.16. The van der Waals surface area contributed by atoms with Crippen LogP contribution in [-0.2, 0) is 10.1 Å². The van der Waals surface area contributed by atoms with Crippen molar-refractivity contribution in [2.24, 2.45) is 5.10 Å². The molecule has 1 atom stereocenters. The Kier molecular flexibility index (Phi) is 3.34. The summed E-state index contributed by atoms with van der Waals surface area (Å²) in [4.78, 5) is 3.07. The fourth-order valence-electron chi connectivity index (χ4n) is 3.11. The van der Waals surface area contributed by atoms with Gasteiger partial charge in [0.2, 0.25) is 5.96 Å². The molecule has 1 unspecified atom stereocenters. The van der Waals surface area contributed by atoms with Crippen LogP contribution in [0.5, 0.6) is 0 Å². The van der Waals surface area contributed by atoms with E-state index < -0.39 is 22.2 Å². The molecule has 0 aliphatic carbocycles. The molecule has 0 bridgehead atoms. The van der Waals surface area contributed by atoms with Gasteiger partial charge in [-0.15, -0.1) is 5.10 Å². The van der Waals surface area contributed by atoms with Crippen LogP contribution in [0, 0.1) is 5.41 Å². The van der Waals surface area contributed by atoms with Crippen molar-refractivity contribution >= 4 is 27.6 Å². The summed E-state index contributed by atoms with van der Waals surface area (Å²) in [5, 5.41) is 14.2. The number of benzene rings is 1. The SMILES string of the molecule is CN1C(=N)N2N=C(c3ccco3)N(CS(=O)(=O)O)C2c2ccccc21. The molecule has 3 heterocycles. The predicted octanol–water partition coefficient (Wildman–Crippen LogP) is 1.49. The molecule has 4 rings (SSSR count). The number of amidine groups is 1. The molecule has 2 aliphatic heterocycles. The monoisotopic (exact) mass is 361 g/mol. The number of nitrogens with zero attached hydrogens (tertiary/aromatic N) is 4. The maximum Gasteiger partial charge on any atom is 0.283 e. The van der Waals surface area contributed by atoms with Gasteiger partial charge in [0, 0.05) is 12.6 Å². The van der Waals surface area contributed by atoms with Crippen LogP contribution in [0.2, 0.25) is 0 Å². The van der Waals surface area contributed by atoms with Gasteiger partial charge in [0.1, 0.15) is 5.88 Å². The molecule has 0 radical (unpaired) electrons. The Balaban J connectivity index is 1.89. The summed E-state index contributed by atoms with van der Waals surface area (Å²) in [6.45, 7) is 0. The molecule has 0 saturated carbocycles. The lowest BCUT2D eigenvalue weighted by Crippen LogP contribution is -2.48. The van der Waals surface area contributed by atoms with E-state index in [1.807, 2.05) is 24.3 Å². The largest absolute Gasteiger partial charge is 0.461 e. The molecule has 2 N–H and O–H groups in total. The van der Waals surface area contributed by atoms with Crippen LogP contribution in [0.25, 0.3) is 0 Å². The minimum Gasteiger partial charge on any atom is -0.461 e. The standard InChI is InChI=1S/C15H15N5O4S/c1-18-11-6-3-2-5-10(11)14-19(9-25(21,22)23)13(12-7-4-8-24-12)17-20(14)15(18)16/h2-8,14,16H,9H2,1H3,(H,21,22,23). The first-order chi connectivity index (χ1) is 11.9. The first kappa shape index (κ1) is 15.7. The molecule has 2 aromatic rings. The Labute approximate surface area is 144 Å². The van der Waals surface area contributed by atoms with Gasteiger partial charge in [0.05, 0.1) is 12.0 Å². The van der Waals surface area contributed by atoms with Crippen LogP contribution in [-0.4, -0.2) is 47.6 Å². The van der Waals surface area contributed by atoms with Crippen molar-refractivity contribution in [2.75, 3.05) is 17.8 Å². The number of nitrogens with one attached hydrogen (secondary N) is 1. The quantitative estimate of drug-likeness (QED) is 0.796. The summed E-state index contributed by atoms with van der Waals surface area (Å²) in [7, 11) is -2.58. The average molecular weight is 361 g/mol. The Morgan fingerprint density at radius 3 is 2.72 bits per heavy atom. The highest BCUT2D eigenvalue weighted by Crippen LogP contribution is 2.42. The lowest BCUT2D eigenvalue weighted by molar-refractivity contribution is 0.211. The van der Waals surface area contributed by atoms with E-state index in [9.17, 15) is 13.0 Å². The molecule has 1 aromatic carbocycles. The number of furan rings is 1. The molecule has 0 spiro atoms. The van der Waals surface area contributed by atoms with Crippen molar-refractivity contribution in [1.29, 1.82) is 5.41 Å². The van der Waals surface area contributed by atoms with Gasteiger partial charge < -0.3 is 14.2 Å². The second-order valence-electron chi connectivity index (χ2n) is 5.74. The van der Waals surface area contributed by atoms with Crippen LogP contribution in [0.1, 0.15) is 17.5 Å². The number of guanidine groups is 1. The zero-order valence-corrected chi connectivity index (χ0v) is 14.0. The van der Waals surface area contributed by atoms with E-state index in [-0.39, 0.29) is 11.8 Å². The van der Waals surface area contributed by atoms with Crippen LogP contribution in [0.4, 0.5) is 5.69 Å². The summed E-state index contributed by atoms with van der Waals surface area (Å²) < 4.78 is 37.9. The van der Waals surface area contributed by atoms with Crippen molar-refractivity contribution in [1.82, 2.24) is 9.91 Å². The zero-order chi connectivity index (χ0) is 17.8. The molecular formula is C15H15N5O4S. The van der Waals surface area contributed by atoms with Crippen molar-refractivity contribution < 1.29 is 17.4 Å². The molecule has 9 nitrogen and oxygen atoms in total. The van der Waals surface area contributed by atoms with Crippen molar-refractivity contribution in [3.8, 4) is 0 Å². The number of hydrazone groups is 1. The highest BCUT2D eigenvalue weighted by molar-refractivity contribution is 7.85. The molecular weight excluding hydrogens is 346 g/mol. The molecule has 10 heteroatoms. The first-order valence-corrected chi connectivity index (χ1v) is 9.02. The number of hydrogen-bond acceptors (Lipinski definition) is 6. The summed E-state index contributed by atoms with van der Waals surface area (Å²) in [5.41, 5.74) is 1.54. The number of anilines is 1. The van der Waals surface area contributed by atoms with Crippen molar-refractivity contribution in [2.45, 2.75) is 6.17 Å². The summed E-state index contributed by atoms with van der Waals surface area (Å²) >= 11 is 0. The lowest BCUT2D eigenvalue weighted by atomic mass is 10.1. The summed E-state index contributed by atoms with van der Waals surface area (Å²) in [5.74, 6) is 0.0121. The Bertz CT molecular complexity index is 970. The van der Waals surface area contributed by atoms with Crippen LogP contribution >= 0.6 is 0 Å². The number of rotatable bonds is 3. The fraction of sp³-hybridized carbons (Fsp3) is 0.200. The Hall–Kier alpha value is -2.85. The fourth-order valence-corrected chi connectivity index (χ4v) is 3.72. The Morgan fingerprint density at radius 1 is 1.28 bits per heavy atom. The highest BCUT2D eigenvalue weighted by Gasteiger charge is 2.45. The van der Waals surface area contributed by atoms with Crippen molar-refractivity contribution in [3.05, 3.63) is 54.0 Å². The first-order valence-electron chi connectivity index (χ1n) is 7.41. The number of hydrogen-bond donors (Lipinski definition) is 2. The molecule has 2 aliphatic rings. The van der Waals surface area contributed by atoms with Gasteiger partial charge in [-0.1, -0.05) is 18.2 Å². The lowest BCUT2D eigenvalue weighted by Gasteiger charge is -2.40. The van der Waals surface area contributed by atoms with Gasteiger partial charge >= 0.3 is 0 Å². The maximum atomic E-state index is 11.6. The van der Waals surface area contributed by atoms with Gasteiger partial charge in [0.15, 0.2) is 17.8 Å². The summed E-state index contributed by atoms with van der Waals surface area (Å²) in [6.07, 6.45) is 0.786. The normalized spacial score (nSPS) is 19.8. The Morgan fingerprint density at radius 2 is 2.04 bits per heavy atom. The molecule has 1 aromatic heterocycles. The van der Waals surface area contributed by atoms with Gasteiger partial charge in [-0.25, -0.2) is 5.01 Å². The van der Waals surface area contributed by atoms with E-state index in [0.717, 1.165) is 11.3 Å². The minimum absolute atomic E-state index is 0.0885. The van der Waals surface area contributed by atoms with E-state index in [1.54, 1.807) is 24.1 Å². The van der Waals surface area contributed by atoms with Gasteiger partial charge in [0.25, 0.3) is 10.1 Å². The third-order valence-corrected chi connectivity index (χ3v) is 4.76. The van der Waals surface area contributed by atoms with Crippen LogP contribution < -0.4 is 4.90 Å². The average Bonchev–Trinajstić information content (AvgIpc) is 3.19. The number of para-hydroxylation sites is 1. The van der Waals surface area contributed by atoms with E-state index in [1.165, 1.54) is 16.2 Å². The molecule has 25 heavy (non-hydrogen) atoms. The van der Waals surface area contributed by atoms with Crippen LogP contribution in [0.15, 0.2) is 52.2 Å². The maximum absolute atomic E-state index is 11.6. The van der Waals surface area contributed by atoms with E-state index in [0.29, 0.717) is 5.76 Å². The molecule has 0 amide bonds. The second kappa shape index (κ2) is 5.33. The van der Waals surface area contributed by atoms with Crippen LogP contribution in [0.3, 0.4) is 0 Å². The summed E-state index contributed by atoms with van der Waals surface area (Å²) in [6, 6.07) is 10.7. The van der Waals surface area contributed by atoms with Gasteiger partial charge in [-0.05, 0) is 18.2 Å². The smallest absolute Gasteiger partial charge is 0.283 e. The van der Waals surface area contributed by atoms with Gasteiger partial charge in [-0.2, -0.15) is 8.42 Å².